The fourth-order valence-electron chi connectivity index (χ4n) is 8.92. The fourth-order valence-corrected chi connectivity index (χ4v) is 8.92. The molecule has 1 fully saturated rings. The van der Waals surface area contributed by atoms with Crippen LogP contribution >= 0.6 is 0 Å². The van der Waals surface area contributed by atoms with Gasteiger partial charge >= 0.3 is 0 Å². The Bertz CT molecular complexity index is 1200. The number of hydrogen-bond donors (Lipinski definition) is 5. The topological polar surface area (TPSA) is 147 Å². The summed E-state index contributed by atoms with van der Waals surface area (Å²) in [6, 6.07) is 3.68. The van der Waals surface area contributed by atoms with Crippen LogP contribution in [0.2, 0.25) is 0 Å². The van der Waals surface area contributed by atoms with Gasteiger partial charge < -0.3 is 44.7 Å². The van der Waals surface area contributed by atoms with Gasteiger partial charge in [-0.2, -0.15) is 0 Å². The molecule has 0 bridgehead atoms. The number of carbonyl (C=O) groups is 1. The van der Waals surface area contributed by atoms with Crippen molar-refractivity contribution in [3.05, 3.63) is 17.7 Å². The number of carbonyl (C=O) groups excluding carboxylic acids is 1. The third-order valence-corrected chi connectivity index (χ3v) is 13.2. The fraction of sp³-hybridized carbons (Fsp3) is 0.873. The highest BCUT2D eigenvalue weighted by molar-refractivity contribution is 5.95. The summed E-state index contributed by atoms with van der Waals surface area (Å²) in [6.45, 7) is 8.61. The normalized spacial score (nSPS) is 18.5. The molecule has 0 aliphatic carbocycles. The van der Waals surface area contributed by atoms with E-state index in [4.69, 9.17) is 18.9 Å². The van der Waals surface area contributed by atoms with E-state index in [-0.39, 0.29) is 5.91 Å². The molecule has 1 saturated heterocycles. The molecule has 0 saturated carbocycles. The smallest absolute Gasteiger partial charge is 0.251 e. The molecule has 1 aliphatic heterocycles. The third-order valence-electron chi connectivity index (χ3n) is 13.2. The van der Waals surface area contributed by atoms with E-state index >= 15 is 0 Å². The van der Waals surface area contributed by atoms with Crippen molar-refractivity contribution in [3.8, 4) is 17.2 Å². The molecular weight excluding hydrogens is 819 g/mol. The zero-order valence-corrected chi connectivity index (χ0v) is 42.2. The minimum atomic E-state index is -1.34. The molecule has 1 heterocycles. The summed E-state index contributed by atoms with van der Waals surface area (Å²) < 4.78 is 25.2. The average molecular weight is 920 g/mol. The Morgan fingerprint density at radius 2 is 0.831 bits per heavy atom. The number of aliphatic hydroxyl groups excluding tert-OH is 4. The quantitative estimate of drug-likeness (QED) is 0.0403. The van der Waals surface area contributed by atoms with E-state index in [2.05, 4.69) is 26.1 Å². The number of benzene rings is 1. The Hall–Kier alpha value is -2.11. The number of nitrogens with one attached hydrogen (secondary N) is 1. The molecule has 1 aromatic rings. The number of rotatable bonds is 45. The number of unbranched alkanes of at least 4 members (excludes halogenated alkanes) is 30. The van der Waals surface area contributed by atoms with Crippen molar-refractivity contribution < 1.29 is 44.2 Å². The van der Waals surface area contributed by atoms with Gasteiger partial charge in [0.05, 0.1) is 32.5 Å². The Balaban J connectivity index is 2.02. The van der Waals surface area contributed by atoms with Gasteiger partial charge in [-0.25, -0.2) is 0 Å². The average Bonchev–Trinajstić information content (AvgIpc) is 3.31. The van der Waals surface area contributed by atoms with Crippen LogP contribution in [0, 0.1) is 0 Å². The maximum Gasteiger partial charge on any atom is 0.251 e. The molecule has 380 valence electrons. The van der Waals surface area contributed by atoms with Crippen molar-refractivity contribution in [1.82, 2.24) is 5.32 Å². The van der Waals surface area contributed by atoms with E-state index in [1.807, 2.05) is 12.1 Å². The first-order valence-electron chi connectivity index (χ1n) is 27.5. The molecule has 5 atom stereocenters. The van der Waals surface area contributed by atoms with Crippen LogP contribution in [-0.4, -0.2) is 89.8 Å². The Kier molecular flexibility index (Phi) is 37.1. The summed E-state index contributed by atoms with van der Waals surface area (Å²) in [6.07, 6.45) is 36.0. The first-order valence-corrected chi connectivity index (χ1v) is 27.5. The lowest BCUT2D eigenvalue weighted by Crippen LogP contribution is -2.58. The highest BCUT2D eigenvalue weighted by Crippen LogP contribution is 2.40. The van der Waals surface area contributed by atoms with Gasteiger partial charge in [-0.15, -0.1) is 0 Å². The van der Waals surface area contributed by atoms with Crippen molar-refractivity contribution in [1.29, 1.82) is 0 Å². The summed E-state index contributed by atoms with van der Waals surface area (Å²) in [5.74, 6) is 1.63. The molecule has 0 aromatic heterocycles. The van der Waals surface area contributed by atoms with Gasteiger partial charge in [-0.05, 0) is 44.2 Å². The van der Waals surface area contributed by atoms with E-state index < -0.39 is 37.1 Å². The largest absolute Gasteiger partial charge is 0.490 e. The first kappa shape index (κ1) is 59.0. The molecule has 1 aliphatic rings. The highest BCUT2D eigenvalue weighted by Gasteiger charge is 2.42. The summed E-state index contributed by atoms with van der Waals surface area (Å²) in [4.78, 5) is 13.7. The van der Waals surface area contributed by atoms with Crippen molar-refractivity contribution in [3.63, 3.8) is 0 Å². The second-order valence-corrected chi connectivity index (χ2v) is 19.2. The van der Waals surface area contributed by atoms with Crippen LogP contribution in [0.1, 0.15) is 256 Å². The number of hydrogen-bond acceptors (Lipinski definition) is 9. The third kappa shape index (κ3) is 28.1. The summed E-state index contributed by atoms with van der Waals surface area (Å²) >= 11 is 0. The molecule has 10 nitrogen and oxygen atoms in total. The standard InChI is InChI=1S/C55H101NO9/c1-4-7-10-13-16-19-22-25-30-35-40-62-48-43-46(55(61)56-39-34-29-28-33-38-47-51(58)53(60)52(59)50(45-57)65-47)44-49(63-41-36-31-26-23-20-17-14-11-8-5-2)54(48)64-42-37-32-27-24-21-18-15-12-9-6-3/h43-44,47,50-53,57-60H,4-42,45H2,1-3H3,(H,56,61)/t47?,50-,51-,52-,53-/m1/s1. The van der Waals surface area contributed by atoms with Crippen molar-refractivity contribution >= 4 is 5.91 Å². The molecule has 5 N–H and O–H groups in total. The van der Waals surface area contributed by atoms with E-state index in [1.54, 1.807) is 0 Å². The van der Waals surface area contributed by atoms with E-state index in [0.717, 1.165) is 64.2 Å². The molecular formula is C55H101NO9. The molecule has 0 radical (unpaired) electrons. The Labute approximate surface area is 398 Å². The molecule has 2 rings (SSSR count). The number of aliphatic hydroxyl groups is 4. The van der Waals surface area contributed by atoms with Crippen LogP contribution in [0.4, 0.5) is 0 Å². The van der Waals surface area contributed by atoms with Gasteiger partial charge in [0.15, 0.2) is 11.5 Å². The number of ether oxygens (including phenoxy) is 4. The monoisotopic (exact) mass is 920 g/mol. The second-order valence-electron chi connectivity index (χ2n) is 19.2. The molecule has 10 heteroatoms. The zero-order valence-electron chi connectivity index (χ0n) is 42.2. The van der Waals surface area contributed by atoms with Gasteiger partial charge in [0.25, 0.3) is 5.91 Å². The number of amides is 1. The van der Waals surface area contributed by atoms with Crippen LogP contribution in [0.5, 0.6) is 17.2 Å². The SMILES string of the molecule is CCCCCCCCCCCCOc1cc(C(=O)NCCCCCCC2O[C@H](CO)[C@@H](O)[C@H](O)[C@@H]2O)cc(OCCCCCCCCCCCC)c1OCCCCCCCCCCCC. The van der Waals surface area contributed by atoms with Crippen molar-refractivity contribution in [2.45, 2.75) is 276 Å². The molecule has 1 unspecified atom stereocenters. The lowest BCUT2D eigenvalue weighted by Gasteiger charge is -2.40. The van der Waals surface area contributed by atoms with Gasteiger partial charge in [-0.3, -0.25) is 4.79 Å². The molecule has 65 heavy (non-hydrogen) atoms. The predicted molar refractivity (Wildman–Crippen MR) is 268 cm³/mol. The second kappa shape index (κ2) is 40.9. The lowest BCUT2D eigenvalue weighted by atomic mass is 9.92. The Morgan fingerprint density at radius 1 is 0.477 bits per heavy atom. The van der Waals surface area contributed by atoms with Gasteiger partial charge in [-0.1, -0.05) is 213 Å². The maximum absolute atomic E-state index is 13.7. The van der Waals surface area contributed by atoms with Crippen LogP contribution < -0.4 is 19.5 Å². The van der Waals surface area contributed by atoms with Crippen LogP contribution in [-0.2, 0) is 4.74 Å². The Morgan fingerprint density at radius 3 is 1.25 bits per heavy atom. The highest BCUT2D eigenvalue weighted by atomic mass is 16.5. The van der Waals surface area contributed by atoms with E-state index in [1.165, 1.54) is 154 Å². The minimum absolute atomic E-state index is 0.167. The van der Waals surface area contributed by atoms with Crippen LogP contribution in [0.25, 0.3) is 0 Å². The van der Waals surface area contributed by atoms with Crippen LogP contribution in [0.3, 0.4) is 0 Å². The van der Waals surface area contributed by atoms with Crippen molar-refractivity contribution in [2.24, 2.45) is 0 Å². The summed E-state index contributed by atoms with van der Waals surface area (Å²) in [5.41, 5.74) is 0.509. The van der Waals surface area contributed by atoms with Crippen LogP contribution in [0.15, 0.2) is 12.1 Å². The van der Waals surface area contributed by atoms with Gasteiger partial charge in [0.2, 0.25) is 5.75 Å². The summed E-state index contributed by atoms with van der Waals surface area (Å²) in [5, 5.41) is 43.2. The maximum atomic E-state index is 13.7. The van der Waals surface area contributed by atoms with E-state index in [0.29, 0.717) is 55.6 Å². The molecule has 1 aromatic carbocycles. The molecule has 1 amide bonds. The summed E-state index contributed by atoms with van der Waals surface area (Å²) in [7, 11) is 0. The minimum Gasteiger partial charge on any atom is -0.490 e. The van der Waals surface area contributed by atoms with Gasteiger partial charge in [0, 0.05) is 12.1 Å². The molecule has 0 spiro atoms. The van der Waals surface area contributed by atoms with Crippen molar-refractivity contribution in [2.75, 3.05) is 33.0 Å². The van der Waals surface area contributed by atoms with E-state index in [9.17, 15) is 25.2 Å². The lowest BCUT2D eigenvalue weighted by molar-refractivity contribution is -0.230. The first-order chi connectivity index (χ1) is 31.9. The predicted octanol–water partition coefficient (Wildman–Crippen LogP) is 13.1. The zero-order chi connectivity index (χ0) is 47.0. The van der Waals surface area contributed by atoms with Gasteiger partial charge in [0.1, 0.15) is 24.4 Å².